The maximum Gasteiger partial charge on any atom is 0.204 e. The van der Waals surface area contributed by atoms with Gasteiger partial charge < -0.3 is 18.9 Å². The Hall–Kier alpha value is -2.95. The van der Waals surface area contributed by atoms with Gasteiger partial charge in [-0.2, -0.15) is 0 Å². The first-order chi connectivity index (χ1) is 14.0. The van der Waals surface area contributed by atoms with Crippen molar-refractivity contribution in [3.05, 3.63) is 66.0 Å². The Bertz CT molecular complexity index is 742. The zero-order valence-electron chi connectivity index (χ0n) is 18.7. The van der Waals surface area contributed by atoms with Gasteiger partial charge in [0.15, 0.2) is 17.3 Å². The minimum absolute atomic E-state index is 0.0903. The van der Waals surface area contributed by atoms with Crippen molar-refractivity contribution in [2.75, 3.05) is 27.9 Å². The van der Waals surface area contributed by atoms with Crippen molar-refractivity contribution < 1.29 is 23.7 Å². The molecule has 0 spiro atoms. The highest BCUT2D eigenvalue weighted by molar-refractivity contribution is 6.00. The molecular formula is C24H34O5. The summed E-state index contributed by atoms with van der Waals surface area (Å²) >= 11 is 0. The monoisotopic (exact) mass is 402 g/mol. The number of ketones is 1. The van der Waals surface area contributed by atoms with E-state index in [1.54, 1.807) is 24.3 Å². The Morgan fingerprint density at radius 2 is 1.72 bits per heavy atom. The number of methoxy groups -OCH3 is 3. The zero-order chi connectivity index (χ0) is 22.2. The minimum Gasteiger partial charge on any atom is -0.499 e. The molecule has 0 amide bonds. The number of carbonyl (C=O) groups excluding carboxylic acids is 1. The summed E-state index contributed by atoms with van der Waals surface area (Å²) in [5.41, 5.74) is 1.33. The van der Waals surface area contributed by atoms with Crippen LogP contribution in [0.2, 0.25) is 0 Å². The average molecular weight is 403 g/mol. The van der Waals surface area contributed by atoms with Gasteiger partial charge in [-0.25, -0.2) is 0 Å². The molecule has 0 N–H and O–H groups in total. The average Bonchev–Trinajstić information content (AvgIpc) is 2.73. The van der Waals surface area contributed by atoms with E-state index >= 15 is 0 Å². The van der Waals surface area contributed by atoms with Crippen LogP contribution in [-0.4, -0.2) is 33.7 Å². The molecule has 5 nitrogen and oxygen atoms in total. The van der Waals surface area contributed by atoms with Crippen LogP contribution < -0.4 is 14.2 Å². The van der Waals surface area contributed by atoms with Gasteiger partial charge in [-0.15, -0.1) is 0 Å². The van der Waals surface area contributed by atoms with Gasteiger partial charge in [-0.05, 0) is 37.6 Å². The smallest absolute Gasteiger partial charge is 0.204 e. The van der Waals surface area contributed by atoms with Gasteiger partial charge in [-0.3, -0.25) is 4.79 Å². The molecule has 0 saturated heterocycles. The molecule has 0 saturated carbocycles. The van der Waals surface area contributed by atoms with Gasteiger partial charge in [0.1, 0.15) is 0 Å². The van der Waals surface area contributed by atoms with E-state index in [1.165, 1.54) is 21.3 Å². The van der Waals surface area contributed by atoms with Crippen molar-refractivity contribution >= 4 is 5.78 Å². The number of ether oxygens (including phenoxy) is 4. The highest BCUT2D eigenvalue weighted by Crippen LogP contribution is 2.40. The van der Waals surface area contributed by atoms with Crippen LogP contribution in [0, 0.1) is 0 Å². The molecule has 0 atom stereocenters. The second kappa shape index (κ2) is 15.0. The quantitative estimate of drug-likeness (QED) is 0.261. The van der Waals surface area contributed by atoms with Gasteiger partial charge in [0.05, 0.1) is 39.3 Å². The summed E-state index contributed by atoms with van der Waals surface area (Å²) in [5, 5.41) is 0. The van der Waals surface area contributed by atoms with E-state index in [4.69, 9.17) is 18.9 Å². The molecule has 5 heteroatoms. The van der Waals surface area contributed by atoms with Crippen molar-refractivity contribution in [2.45, 2.75) is 34.1 Å². The summed E-state index contributed by atoms with van der Waals surface area (Å²) in [7, 11) is 4.54. The van der Waals surface area contributed by atoms with E-state index in [0.717, 1.165) is 11.3 Å². The lowest BCUT2D eigenvalue weighted by atomic mass is 10.0. The Kier molecular flexibility index (Phi) is 13.5. The van der Waals surface area contributed by atoms with E-state index in [-0.39, 0.29) is 12.2 Å². The SMILES string of the molecule is C=C/C=C(/C=C/CC(=O)c1ccc(OC)c(OC)c1OC)\C=C(/C)OCC.CC. The predicted molar refractivity (Wildman–Crippen MR) is 119 cm³/mol. The summed E-state index contributed by atoms with van der Waals surface area (Å²) in [6.45, 7) is 12.1. The number of Topliss-reactive ketones (excluding diaryl/α,β-unsaturated/α-hetero) is 1. The van der Waals surface area contributed by atoms with E-state index in [9.17, 15) is 4.79 Å². The van der Waals surface area contributed by atoms with Crippen molar-refractivity contribution in [2.24, 2.45) is 0 Å². The molecule has 160 valence electrons. The lowest BCUT2D eigenvalue weighted by Crippen LogP contribution is -2.04. The van der Waals surface area contributed by atoms with Crippen LogP contribution in [0.25, 0.3) is 0 Å². The second-order valence-corrected chi connectivity index (χ2v) is 5.50. The number of allylic oxidation sites excluding steroid dienone is 7. The topological polar surface area (TPSA) is 54.0 Å². The molecule has 0 aliphatic rings. The van der Waals surface area contributed by atoms with Crippen LogP contribution in [0.5, 0.6) is 17.2 Å². The summed E-state index contributed by atoms with van der Waals surface area (Å²) in [4.78, 5) is 12.6. The van der Waals surface area contributed by atoms with E-state index < -0.39 is 0 Å². The first kappa shape index (κ1) is 26.1. The Morgan fingerprint density at radius 3 is 2.24 bits per heavy atom. The summed E-state index contributed by atoms with van der Waals surface area (Å²) in [6, 6.07) is 3.37. The van der Waals surface area contributed by atoms with E-state index in [0.29, 0.717) is 29.4 Å². The molecule has 0 bridgehead atoms. The second-order valence-electron chi connectivity index (χ2n) is 5.50. The van der Waals surface area contributed by atoms with E-state index in [1.807, 2.05) is 45.9 Å². The van der Waals surface area contributed by atoms with Gasteiger partial charge in [0, 0.05) is 6.42 Å². The van der Waals surface area contributed by atoms with Crippen LogP contribution in [0.15, 0.2) is 60.4 Å². The van der Waals surface area contributed by atoms with Crippen LogP contribution in [0.4, 0.5) is 0 Å². The zero-order valence-corrected chi connectivity index (χ0v) is 18.7. The first-order valence-electron chi connectivity index (χ1n) is 9.64. The number of rotatable bonds is 11. The minimum atomic E-state index is -0.0903. The molecular weight excluding hydrogens is 368 g/mol. The Labute approximate surface area is 175 Å². The van der Waals surface area contributed by atoms with Crippen molar-refractivity contribution in [1.29, 1.82) is 0 Å². The number of hydrogen-bond donors (Lipinski definition) is 0. The first-order valence-corrected chi connectivity index (χ1v) is 9.64. The van der Waals surface area contributed by atoms with Crippen LogP contribution in [0.3, 0.4) is 0 Å². The standard InChI is InChI=1S/C22H28O5.C2H6/c1-7-10-17(15-16(3)27-8-2)11-9-12-19(23)18-13-14-20(24-4)22(26-6)21(18)25-5;1-2/h7,9-11,13-15H,1,8,12H2,2-6H3;1-2H3/b11-9+,16-15+,17-10-;. The van der Waals surface area contributed by atoms with Crippen LogP contribution in [0.1, 0.15) is 44.5 Å². The summed E-state index contributed by atoms with van der Waals surface area (Å²) < 4.78 is 21.4. The van der Waals surface area contributed by atoms with Gasteiger partial charge in [-0.1, -0.05) is 44.7 Å². The largest absolute Gasteiger partial charge is 0.499 e. The fourth-order valence-corrected chi connectivity index (χ4v) is 2.52. The van der Waals surface area contributed by atoms with Crippen molar-refractivity contribution in [3.8, 4) is 17.2 Å². The van der Waals surface area contributed by atoms with Crippen LogP contribution >= 0.6 is 0 Å². The molecule has 29 heavy (non-hydrogen) atoms. The third-order valence-corrected chi connectivity index (χ3v) is 3.67. The Balaban J connectivity index is 0.00000379. The molecule has 0 fully saturated rings. The third-order valence-electron chi connectivity index (χ3n) is 3.67. The fraction of sp³-hybridized carbons (Fsp3) is 0.375. The molecule has 0 aliphatic carbocycles. The van der Waals surface area contributed by atoms with Gasteiger partial charge >= 0.3 is 0 Å². The number of hydrogen-bond acceptors (Lipinski definition) is 5. The summed E-state index contributed by atoms with van der Waals surface area (Å²) in [6.07, 6.45) is 9.29. The molecule has 0 unspecified atom stereocenters. The molecule has 1 rings (SSSR count). The molecule has 0 aromatic heterocycles. The Morgan fingerprint density at radius 1 is 1.07 bits per heavy atom. The van der Waals surface area contributed by atoms with Crippen molar-refractivity contribution in [1.82, 2.24) is 0 Å². The fourth-order valence-electron chi connectivity index (χ4n) is 2.52. The lowest BCUT2D eigenvalue weighted by Gasteiger charge is -2.14. The molecule has 1 aromatic rings. The maximum atomic E-state index is 12.6. The van der Waals surface area contributed by atoms with Gasteiger partial charge in [0.2, 0.25) is 5.75 Å². The van der Waals surface area contributed by atoms with Crippen LogP contribution in [-0.2, 0) is 4.74 Å². The maximum absolute atomic E-state index is 12.6. The highest BCUT2D eigenvalue weighted by atomic mass is 16.5. The third kappa shape index (κ3) is 8.30. The summed E-state index contributed by atoms with van der Waals surface area (Å²) in [5.74, 6) is 1.98. The number of carbonyl (C=O) groups is 1. The normalized spacial score (nSPS) is 11.4. The molecule has 0 radical (unpaired) electrons. The molecule has 1 aromatic carbocycles. The van der Waals surface area contributed by atoms with Crippen molar-refractivity contribution in [3.63, 3.8) is 0 Å². The van der Waals surface area contributed by atoms with E-state index in [2.05, 4.69) is 6.58 Å². The lowest BCUT2D eigenvalue weighted by molar-refractivity contribution is 0.0992. The van der Waals surface area contributed by atoms with Gasteiger partial charge in [0.25, 0.3) is 0 Å². The number of benzene rings is 1. The predicted octanol–water partition coefficient (Wildman–Crippen LogP) is 5.92. The molecule has 0 heterocycles. The molecule has 0 aliphatic heterocycles. The highest BCUT2D eigenvalue weighted by Gasteiger charge is 2.19.